The highest BCUT2D eigenvalue weighted by molar-refractivity contribution is 5.83. The van der Waals surface area contributed by atoms with Crippen LogP contribution in [0, 0.1) is 0 Å². The third-order valence-electron chi connectivity index (χ3n) is 3.91. The van der Waals surface area contributed by atoms with Crippen molar-refractivity contribution in [3.8, 4) is 0 Å². The lowest BCUT2D eigenvalue weighted by Gasteiger charge is -2.21. The molecule has 0 bridgehead atoms. The first-order chi connectivity index (χ1) is 10.1. The van der Waals surface area contributed by atoms with Crippen LogP contribution in [0.15, 0.2) is 18.2 Å². The normalized spacial score (nSPS) is 12.9. The molecule has 0 atom stereocenters. The molecule has 0 radical (unpaired) electrons. The van der Waals surface area contributed by atoms with Gasteiger partial charge in [-0.3, -0.25) is 9.59 Å². The van der Waals surface area contributed by atoms with Crippen molar-refractivity contribution in [1.29, 1.82) is 0 Å². The first kappa shape index (κ1) is 15.5. The van der Waals surface area contributed by atoms with Gasteiger partial charge >= 0.3 is 5.97 Å². The Bertz CT molecular complexity index is 525. The third-order valence-corrected chi connectivity index (χ3v) is 3.91. The molecule has 0 N–H and O–H groups in total. The van der Waals surface area contributed by atoms with E-state index in [0.717, 1.165) is 24.8 Å². The summed E-state index contributed by atoms with van der Waals surface area (Å²) in [6.45, 7) is 2.61. The summed E-state index contributed by atoms with van der Waals surface area (Å²) in [5.41, 5.74) is 3.81. The number of rotatable bonds is 6. The molecule has 21 heavy (non-hydrogen) atoms. The van der Waals surface area contributed by atoms with E-state index in [0.29, 0.717) is 13.0 Å². The summed E-state index contributed by atoms with van der Waals surface area (Å²) >= 11 is 0. The molecule has 114 valence electrons. The van der Waals surface area contributed by atoms with E-state index < -0.39 is 0 Å². The van der Waals surface area contributed by atoms with Crippen molar-refractivity contribution >= 4 is 11.9 Å². The minimum Gasteiger partial charge on any atom is -0.468 e. The molecule has 0 unspecified atom stereocenters. The Morgan fingerprint density at radius 2 is 2.00 bits per heavy atom. The lowest BCUT2D eigenvalue weighted by atomic mass is 10.0. The summed E-state index contributed by atoms with van der Waals surface area (Å²) in [4.78, 5) is 25.3. The molecule has 1 amide bonds. The molecule has 1 aliphatic carbocycles. The topological polar surface area (TPSA) is 46.6 Å². The number of esters is 1. The zero-order chi connectivity index (χ0) is 15.2. The SMILES string of the molecule is CCCN(CC(=O)OC)C(=O)Cc1ccc2c(c1)CCC2. The van der Waals surface area contributed by atoms with Crippen molar-refractivity contribution < 1.29 is 14.3 Å². The van der Waals surface area contributed by atoms with Gasteiger partial charge in [0, 0.05) is 6.54 Å². The van der Waals surface area contributed by atoms with Gasteiger partial charge in [0.1, 0.15) is 6.54 Å². The average Bonchev–Trinajstić information content (AvgIpc) is 2.94. The number of aryl methyl sites for hydroxylation is 2. The van der Waals surface area contributed by atoms with Gasteiger partial charge in [-0.25, -0.2) is 0 Å². The van der Waals surface area contributed by atoms with Gasteiger partial charge in [0.05, 0.1) is 13.5 Å². The Morgan fingerprint density at radius 1 is 1.24 bits per heavy atom. The summed E-state index contributed by atoms with van der Waals surface area (Å²) < 4.78 is 4.66. The number of carbonyl (C=O) groups excluding carboxylic acids is 2. The van der Waals surface area contributed by atoms with E-state index in [9.17, 15) is 9.59 Å². The van der Waals surface area contributed by atoms with Gasteiger partial charge < -0.3 is 9.64 Å². The number of hydrogen-bond acceptors (Lipinski definition) is 3. The highest BCUT2D eigenvalue weighted by atomic mass is 16.5. The fourth-order valence-corrected chi connectivity index (χ4v) is 2.80. The van der Waals surface area contributed by atoms with E-state index >= 15 is 0 Å². The van der Waals surface area contributed by atoms with Crippen LogP contribution in [-0.2, 0) is 33.6 Å². The Kier molecular flexibility index (Phi) is 5.37. The number of ether oxygens (including phenoxy) is 1. The Hall–Kier alpha value is -1.84. The molecule has 0 aliphatic heterocycles. The Labute approximate surface area is 126 Å². The first-order valence-corrected chi connectivity index (χ1v) is 7.59. The van der Waals surface area contributed by atoms with Crippen molar-refractivity contribution in [1.82, 2.24) is 4.90 Å². The number of methoxy groups -OCH3 is 1. The van der Waals surface area contributed by atoms with E-state index in [1.807, 2.05) is 13.0 Å². The van der Waals surface area contributed by atoms with Gasteiger partial charge in [-0.2, -0.15) is 0 Å². The maximum absolute atomic E-state index is 12.4. The predicted molar refractivity (Wildman–Crippen MR) is 81.1 cm³/mol. The van der Waals surface area contributed by atoms with Gasteiger partial charge in [0.25, 0.3) is 0 Å². The second kappa shape index (κ2) is 7.25. The third kappa shape index (κ3) is 4.06. The Balaban J connectivity index is 2.02. The molecular formula is C17H23NO3. The van der Waals surface area contributed by atoms with Crippen LogP contribution in [0.25, 0.3) is 0 Å². The zero-order valence-electron chi connectivity index (χ0n) is 12.9. The molecule has 0 saturated heterocycles. The van der Waals surface area contributed by atoms with Gasteiger partial charge in [0.15, 0.2) is 0 Å². The molecule has 1 aliphatic rings. The highest BCUT2D eigenvalue weighted by Gasteiger charge is 2.18. The van der Waals surface area contributed by atoms with Crippen LogP contribution < -0.4 is 0 Å². The van der Waals surface area contributed by atoms with Crippen molar-refractivity contribution in [3.63, 3.8) is 0 Å². The molecule has 1 aromatic carbocycles. The maximum atomic E-state index is 12.4. The van der Waals surface area contributed by atoms with Crippen LogP contribution in [0.5, 0.6) is 0 Å². The number of carbonyl (C=O) groups is 2. The fourth-order valence-electron chi connectivity index (χ4n) is 2.80. The second-order valence-corrected chi connectivity index (χ2v) is 5.52. The van der Waals surface area contributed by atoms with Crippen molar-refractivity contribution in [2.45, 2.75) is 39.0 Å². The average molecular weight is 289 g/mol. The molecule has 1 aromatic rings. The summed E-state index contributed by atoms with van der Waals surface area (Å²) in [7, 11) is 1.34. The summed E-state index contributed by atoms with van der Waals surface area (Å²) in [5.74, 6) is -0.383. The lowest BCUT2D eigenvalue weighted by molar-refractivity contribution is -0.146. The van der Waals surface area contributed by atoms with E-state index in [1.165, 1.54) is 24.7 Å². The smallest absolute Gasteiger partial charge is 0.325 e. The molecular weight excluding hydrogens is 266 g/mol. The molecule has 0 aromatic heterocycles. The quantitative estimate of drug-likeness (QED) is 0.754. The predicted octanol–water partition coefficient (Wildman–Crippen LogP) is 2.13. The highest BCUT2D eigenvalue weighted by Crippen LogP contribution is 2.23. The summed E-state index contributed by atoms with van der Waals surface area (Å²) in [5, 5.41) is 0. The van der Waals surface area contributed by atoms with Crippen LogP contribution in [0.2, 0.25) is 0 Å². The van der Waals surface area contributed by atoms with E-state index in [-0.39, 0.29) is 18.4 Å². The van der Waals surface area contributed by atoms with Gasteiger partial charge in [-0.05, 0) is 42.4 Å². The minimum absolute atomic E-state index is 0.0137. The van der Waals surface area contributed by atoms with Crippen LogP contribution >= 0.6 is 0 Å². The first-order valence-electron chi connectivity index (χ1n) is 7.59. The van der Waals surface area contributed by atoms with E-state index in [4.69, 9.17) is 0 Å². The standard InChI is InChI=1S/C17H23NO3/c1-3-9-18(12-17(20)21-2)16(19)11-13-7-8-14-5-4-6-15(14)10-13/h7-8,10H,3-6,9,11-12H2,1-2H3. The Morgan fingerprint density at radius 3 is 2.71 bits per heavy atom. The summed E-state index contributed by atoms with van der Waals surface area (Å²) in [6, 6.07) is 6.31. The van der Waals surface area contributed by atoms with E-state index in [2.05, 4.69) is 16.9 Å². The minimum atomic E-state index is -0.370. The molecule has 2 rings (SSSR count). The molecule has 0 fully saturated rings. The molecule has 4 nitrogen and oxygen atoms in total. The van der Waals surface area contributed by atoms with Crippen LogP contribution in [0.1, 0.15) is 36.5 Å². The van der Waals surface area contributed by atoms with Crippen molar-refractivity contribution in [2.75, 3.05) is 20.2 Å². The lowest BCUT2D eigenvalue weighted by Crippen LogP contribution is -2.37. The van der Waals surface area contributed by atoms with E-state index in [1.54, 1.807) is 4.90 Å². The number of amides is 1. The van der Waals surface area contributed by atoms with Crippen LogP contribution in [-0.4, -0.2) is 37.0 Å². The van der Waals surface area contributed by atoms with Crippen molar-refractivity contribution in [3.05, 3.63) is 34.9 Å². The molecule has 0 heterocycles. The largest absolute Gasteiger partial charge is 0.468 e. The zero-order valence-corrected chi connectivity index (χ0v) is 12.9. The molecule has 4 heteroatoms. The number of fused-ring (bicyclic) bond motifs is 1. The van der Waals surface area contributed by atoms with Crippen molar-refractivity contribution in [2.24, 2.45) is 0 Å². The van der Waals surface area contributed by atoms with Crippen LogP contribution in [0.3, 0.4) is 0 Å². The fraction of sp³-hybridized carbons (Fsp3) is 0.529. The maximum Gasteiger partial charge on any atom is 0.325 e. The summed E-state index contributed by atoms with van der Waals surface area (Å²) in [6.07, 6.45) is 4.64. The number of benzene rings is 1. The number of hydrogen-bond donors (Lipinski definition) is 0. The number of nitrogens with zero attached hydrogens (tertiary/aromatic N) is 1. The second-order valence-electron chi connectivity index (χ2n) is 5.52. The van der Waals surface area contributed by atoms with Gasteiger partial charge in [-0.1, -0.05) is 25.1 Å². The van der Waals surface area contributed by atoms with Gasteiger partial charge in [-0.15, -0.1) is 0 Å². The molecule has 0 saturated carbocycles. The monoisotopic (exact) mass is 289 g/mol. The molecule has 0 spiro atoms. The van der Waals surface area contributed by atoms with Gasteiger partial charge in [0.2, 0.25) is 5.91 Å². The van der Waals surface area contributed by atoms with Crippen LogP contribution in [0.4, 0.5) is 0 Å².